The van der Waals surface area contributed by atoms with Gasteiger partial charge in [0.15, 0.2) is 0 Å². The Morgan fingerprint density at radius 3 is 0.868 bits per heavy atom. The van der Waals surface area contributed by atoms with Crippen LogP contribution in [0.5, 0.6) is 0 Å². The Kier molecular flexibility index (Phi) is 11.5. The smallest absolute Gasteiger partial charge is 0.0468 e. The van der Waals surface area contributed by atoms with Crippen LogP contribution in [-0.4, -0.2) is 0 Å². The quantitative estimate of drug-likeness (QED) is 0.0891. The van der Waals surface area contributed by atoms with Gasteiger partial charge in [-0.25, -0.2) is 0 Å². The second kappa shape index (κ2) is 19.2. The molecule has 0 saturated heterocycles. The molecule has 2 heteroatoms. The molecule has 324 valence electrons. The van der Waals surface area contributed by atoms with Gasteiger partial charge in [-0.2, -0.15) is 0 Å². The van der Waals surface area contributed by atoms with Crippen molar-refractivity contribution in [3.63, 3.8) is 0 Å². The van der Waals surface area contributed by atoms with E-state index in [1.54, 1.807) is 0 Å². The zero-order chi connectivity index (χ0) is 47.5. The molecule has 0 bridgehead atoms. The van der Waals surface area contributed by atoms with Crippen molar-refractivity contribution < 1.29 is 2.97 Å². The van der Waals surface area contributed by atoms with Crippen molar-refractivity contribution in [1.29, 1.82) is 0 Å². The maximum atomic E-state index is 5.00. The molecule has 0 fully saturated rings. The minimum Gasteiger partial charge on any atom is -0.310 e. The second-order valence-corrected chi connectivity index (χ2v) is 17.0. The molecular formula is C66H50N2. The lowest BCUT2D eigenvalue weighted by Gasteiger charge is -2.28. The van der Waals surface area contributed by atoms with Crippen molar-refractivity contribution in [1.82, 2.24) is 0 Å². The van der Waals surface area contributed by atoms with E-state index >= 15 is 0 Å². The lowest BCUT2D eigenvalue weighted by Crippen LogP contribution is -2.10. The van der Waals surface area contributed by atoms with E-state index in [2.05, 4.69) is 301 Å². The van der Waals surface area contributed by atoms with Crippen molar-refractivity contribution in [2.45, 2.75) is 0 Å². The Hall–Kier alpha value is -8.98. The Morgan fingerprint density at radius 1 is 0.235 bits per heavy atom. The molecule has 0 aromatic heterocycles. The Bertz CT molecular complexity index is 3230. The largest absolute Gasteiger partial charge is 0.310 e. The van der Waals surface area contributed by atoms with Crippen LogP contribution in [0.4, 0.5) is 34.1 Å². The first-order valence-electron chi connectivity index (χ1n) is 24.2. The topological polar surface area (TPSA) is 6.48 Å². The average molecular weight is 873 g/mol. The van der Waals surface area contributed by atoms with Gasteiger partial charge in [0.2, 0.25) is 0 Å². The van der Waals surface area contributed by atoms with Crippen LogP contribution in [0.3, 0.4) is 0 Å². The second-order valence-electron chi connectivity index (χ2n) is 17.0. The fourth-order valence-electron chi connectivity index (χ4n) is 9.42. The molecule has 0 unspecified atom stereocenters. The van der Waals surface area contributed by atoms with Gasteiger partial charge in [0.25, 0.3) is 0 Å². The van der Waals surface area contributed by atoms with E-state index in [-0.39, 0.29) is 0 Å². The van der Waals surface area contributed by atoms with Gasteiger partial charge in [0.1, 0.15) is 0 Å². The number of fused-ring (bicyclic) bond motifs is 2. The van der Waals surface area contributed by atoms with E-state index in [0.29, 0.717) is 0 Å². The fraction of sp³-hybridized carbons (Fsp3) is 0. The van der Waals surface area contributed by atoms with Gasteiger partial charge in [0, 0.05) is 37.1 Å². The van der Waals surface area contributed by atoms with Gasteiger partial charge >= 0.3 is 0 Å². The van der Waals surface area contributed by atoms with E-state index < -0.39 is 0 Å². The SMILES string of the molecule is C(=C\c1cccc(-c2c3ccc(N(c4ccccc4)c4ccccc4)cc3c(-c3cccc(/C=C/c4ccccc4)c3)c3ccc(N(c4ccccc4)c4ccccc4)cc23)c1)/c1ccccc1.[2H][2H]. The molecule has 0 saturated carbocycles. The number of para-hydroxylation sites is 4. The number of nitrogens with zero attached hydrogens (tertiary/aromatic N) is 2. The zero-order valence-electron chi connectivity index (χ0n) is 39.6. The molecule has 2 nitrogen and oxygen atoms in total. The summed E-state index contributed by atoms with van der Waals surface area (Å²) in [5.74, 6) is 0. The van der Waals surface area contributed by atoms with Crippen LogP contribution in [0, 0.1) is 0 Å². The van der Waals surface area contributed by atoms with Gasteiger partial charge < -0.3 is 9.80 Å². The highest BCUT2D eigenvalue weighted by Gasteiger charge is 2.22. The summed E-state index contributed by atoms with van der Waals surface area (Å²) in [5.41, 5.74) is 15.8. The molecule has 0 aliphatic carbocycles. The summed E-state index contributed by atoms with van der Waals surface area (Å²) in [6.45, 7) is 0. The Balaban J connectivity index is 0.00000280. The number of hydrogen-bond acceptors (Lipinski definition) is 2. The number of benzene rings is 11. The molecule has 0 amide bonds. The molecule has 0 N–H and O–H groups in total. The summed E-state index contributed by atoms with van der Waals surface area (Å²) in [4.78, 5) is 4.73. The molecule has 11 rings (SSSR count). The van der Waals surface area contributed by atoms with E-state index in [9.17, 15) is 0 Å². The fourth-order valence-corrected chi connectivity index (χ4v) is 9.42. The first-order chi connectivity index (χ1) is 34.7. The Labute approximate surface area is 402 Å². The molecule has 0 spiro atoms. The summed E-state index contributed by atoms with van der Waals surface area (Å²) < 4.78 is 10.0. The minimum absolute atomic E-state index is 1.08. The van der Waals surface area contributed by atoms with Crippen LogP contribution in [0.25, 0.3) is 68.1 Å². The highest BCUT2D eigenvalue weighted by molar-refractivity contribution is 6.23. The molecule has 0 aliphatic rings. The maximum Gasteiger partial charge on any atom is 0.0468 e. The van der Waals surface area contributed by atoms with E-state index in [1.807, 2.05) is 0 Å². The normalized spacial score (nSPS) is 11.5. The van der Waals surface area contributed by atoms with E-state index in [1.165, 1.54) is 43.8 Å². The number of rotatable bonds is 12. The van der Waals surface area contributed by atoms with Crippen LogP contribution in [0.1, 0.15) is 25.2 Å². The molecule has 0 heterocycles. The third-order valence-corrected chi connectivity index (χ3v) is 12.5. The zero-order valence-corrected chi connectivity index (χ0v) is 37.6. The highest BCUT2D eigenvalue weighted by atomic mass is 15.1. The monoisotopic (exact) mass is 872 g/mol. The maximum absolute atomic E-state index is 5.00. The molecule has 0 atom stereocenters. The van der Waals surface area contributed by atoms with Crippen LogP contribution in [-0.2, 0) is 0 Å². The van der Waals surface area contributed by atoms with Crippen molar-refractivity contribution in [3.05, 3.63) is 289 Å². The molecule has 11 aromatic carbocycles. The third kappa shape index (κ3) is 8.75. The molecule has 0 radical (unpaired) electrons. The summed E-state index contributed by atoms with van der Waals surface area (Å²) >= 11 is 0. The summed E-state index contributed by atoms with van der Waals surface area (Å²) in [7, 11) is 0. The number of hydrogen-bond donors (Lipinski definition) is 0. The first-order valence-corrected chi connectivity index (χ1v) is 23.2. The Morgan fingerprint density at radius 2 is 0.529 bits per heavy atom. The highest BCUT2D eigenvalue weighted by Crippen LogP contribution is 2.48. The van der Waals surface area contributed by atoms with Crippen molar-refractivity contribution in [2.75, 3.05) is 9.80 Å². The predicted molar refractivity (Wildman–Crippen MR) is 295 cm³/mol. The summed E-state index contributed by atoms with van der Waals surface area (Å²) in [5, 5.41) is 4.70. The van der Waals surface area contributed by atoms with Crippen molar-refractivity contribution in [2.24, 2.45) is 0 Å². The molecule has 68 heavy (non-hydrogen) atoms. The molecule has 0 aliphatic heterocycles. The van der Waals surface area contributed by atoms with E-state index in [4.69, 9.17) is 2.97 Å². The van der Waals surface area contributed by atoms with Gasteiger partial charge in [-0.1, -0.05) is 206 Å². The third-order valence-electron chi connectivity index (χ3n) is 12.5. The summed E-state index contributed by atoms with van der Waals surface area (Å²) in [6.07, 6.45) is 8.84. The lowest BCUT2D eigenvalue weighted by molar-refractivity contribution is 1.29. The lowest BCUT2D eigenvalue weighted by atomic mass is 9.84. The van der Waals surface area contributed by atoms with Crippen LogP contribution < -0.4 is 9.80 Å². The summed E-state index contributed by atoms with van der Waals surface area (Å²) in [6, 6.07) is 95.9. The minimum atomic E-state index is 1.08. The molecular weight excluding hydrogens is 821 g/mol. The first kappa shape index (κ1) is 40.5. The van der Waals surface area contributed by atoms with Crippen molar-refractivity contribution >= 4 is 80.0 Å². The standard InChI is InChI=1S/C66H48N2.H2/c1-7-21-49(22-8-1)37-39-51-25-19-27-53(45-51)65-61-43-41-60(68(57-33-15-5-16-34-57)58-35-17-6-18-36-58)48-64(61)66(54-28-20-26-52(46-54)40-38-50-23-9-2-10-24-50)62-44-42-59(47-63(62)65)67(55-29-11-3-12-30-55)56-31-13-4-14-32-56;/h1-48H;1H/b39-37+,40-38+;/i;1+1D. The van der Waals surface area contributed by atoms with Gasteiger partial charge in [-0.05, 0) is 151 Å². The van der Waals surface area contributed by atoms with Gasteiger partial charge in [0.05, 0.1) is 0 Å². The van der Waals surface area contributed by atoms with Crippen LogP contribution >= 0.6 is 0 Å². The average Bonchev–Trinajstić information content (AvgIpc) is 3.44. The van der Waals surface area contributed by atoms with Crippen molar-refractivity contribution in [3.8, 4) is 22.3 Å². The van der Waals surface area contributed by atoms with E-state index in [0.717, 1.165) is 56.4 Å². The van der Waals surface area contributed by atoms with Crippen LogP contribution in [0.15, 0.2) is 267 Å². The predicted octanol–water partition coefficient (Wildman–Crippen LogP) is 18.9. The van der Waals surface area contributed by atoms with Crippen LogP contribution in [0.2, 0.25) is 0 Å². The van der Waals surface area contributed by atoms with Gasteiger partial charge in [-0.3, -0.25) is 0 Å². The van der Waals surface area contributed by atoms with Gasteiger partial charge in [-0.15, -0.1) is 0 Å². The molecule has 11 aromatic rings. The number of anilines is 6.